The van der Waals surface area contributed by atoms with E-state index in [0.29, 0.717) is 0 Å². The molecule has 1 aliphatic heterocycles. The van der Waals surface area contributed by atoms with Crippen molar-refractivity contribution in [2.75, 3.05) is 33.3 Å². The van der Waals surface area contributed by atoms with Crippen LogP contribution in [0.5, 0.6) is 5.75 Å². The Morgan fingerprint density at radius 2 is 2.06 bits per heavy atom. The van der Waals surface area contributed by atoms with E-state index in [1.807, 2.05) is 30.0 Å². The first-order chi connectivity index (χ1) is 8.22. The lowest BCUT2D eigenvalue weighted by Gasteiger charge is -2.28. The average molecular weight is 234 g/mol. The van der Waals surface area contributed by atoms with Gasteiger partial charge in [-0.2, -0.15) is 0 Å². The molecule has 17 heavy (non-hydrogen) atoms. The van der Waals surface area contributed by atoms with Gasteiger partial charge in [-0.05, 0) is 24.6 Å². The zero-order valence-corrected chi connectivity index (χ0v) is 10.3. The Morgan fingerprint density at radius 3 is 2.71 bits per heavy atom. The third kappa shape index (κ3) is 2.58. The van der Waals surface area contributed by atoms with Crippen LogP contribution in [0, 0.1) is 6.92 Å². The van der Waals surface area contributed by atoms with Crippen molar-refractivity contribution in [2.45, 2.75) is 6.92 Å². The van der Waals surface area contributed by atoms with Crippen LogP contribution in [0.4, 0.5) is 0 Å². The number of carbonyl (C=O) groups is 1. The van der Waals surface area contributed by atoms with Crippen LogP contribution in [0.1, 0.15) is 15.9 Å². The zero-order valence-electron chi connectivity index (χ0n) is 10.3. The molecule has 1 fully saturated rings. The summed E-state index contributed by atoms with van der Waals surface area (Å²) in [7, 11) is 1.61. The molecule has 1 saturated heterocycles. The minimum atomic E-state index is 0.0999. The average Bonchev–Trinajstić information content (AvgIpc) is 2.39. The SMILES string of the molecule is COc1ccc(C)c(C(=O)N2CCNCC2)c1. The van der Waals surface area contributed by atoms with Gasteiger partial charge in [-0.15, -0.1) is 0 Å². The van der Waals surface area contributed by atoms with Crippen molar-refractivity contribution >= 4 is 5.91 Å². The van der Waals surface area contributed by atoms with Gasteiger partial charge < -0.3 is 15.0 Å². The molecule has 0 spiro atoms. The second-order valence-corrected chi connectivity index (χ2v) is 4.22. The van der Waals surface area contributed by atoms with E-state index < -0.39 is 0 Å². The van der Waals surface area contributed by atoms with Crippen molar-refractivity contribution in [3.8, 4) is 5.75 Å². The number of hydrogen-bond acceptors (Lipinski definition) is 3. The molecule has 4 heteroatoms. The maximum absolute atomic E-state index is 12.3. The van der Waals surface area contributed by atoms with E-state index in [-0.39, 0.29) is 5.91 Å². The molecule has 0 aliphatic carbocycles. The van der Waals surface area contributed by atoms with Crippen molar-refractivity contribution in [1.82, 2.24) is 10.2 Å². The van der Waals surface area contributed by atoms with E-state index in [2.05, 4.69) is 5.32 Å². The van der Waals surface area contributed by atoms with Crippen LogP contribution < -0.4 is 10.1 Å². The van der Waals surface area contributed by atoms with E-state index in [1.54, 1.807) is 7.11 Å². The molecule has 1 aromatic carbocycles. The summed E-state index contributed by atoms with van der Waals surface area (Å²) < 4.78 is 5.16. The van der Waals surface area contributed by atoms with E-state index in [4.69, 9.17) is 4.74 Å². The molecule has 0 atom stereocenters. The van der Waals surface area contributed by atoms with Crippen molar-refractivity contribution < 1.29 is 9.53 Å². The number of nitrogens with zero attached hydrogens (tertiary/aromatic N) is 1. The summed E-state index contributed by atoms with van der Waals surface area (Å²) in [6, 6.07) is 5.62. The summed E-state index contributed by atoms with van der Waals surface area (Å²) in [5, 5.41) is 3.24. The van der Waals surface area contributed by atoms with Gasteiger partial charge in [-0.3, -0.25) is 4.79 Å². The standard InChI is InChI=1S/C13H18N2O2/c1-10-3-4-11(17-2)9-12(10)13(16)15-7-5-14-6-8-15/h3-4,9,14H,5-8H2,1-2H3. The van der Waals surface area contributed by atoms with Crippen molar-refractivity contribution in [3.63, 3.8) is 0 Å². The van der Waals surface area contributed by atoms with Gasteiger partial charge in [0.05, 0.1) is 7.11 Å². The van der Waals surface area contributed by atoms with E-state index in [0.717, 1.165) is 43.1 Å². The molecule has 4 nitrogen and oxygen atoms in total. The van der Waals surface area contributed by atoms with Crippen molar-refractivity contribution in [1.29, 1.82) is 0 Å². The fourth-order valence-corrected chi connectivity index (χ4v) is 2.00. The molecule has 0 radical (unpaired) electrons. The second kappa shape index (κ2) is 5.19. The fraction of sp³-hybridized carbons (Fsp3) is 0.462. The van der Waals surface area contributed by atoms with Gasteiger partial charge in [-0.25, -0.2) is 0 Å². The fourth-order valence-electron chi connectivity index (χ4n) is 2.00. The number of nitrogens with one attached hydrogen (secondary N) is 1. The highest BCUT2D eigenvalue weighted by Crippen LogP contribution is 2.18. The van der Waals surface area contributed by atoms with Crippen LogP contribution in [-0.2, 0) is 0 Å². The van der Waals surface area contributed by atoms with Gasteiger partial charge in [0.25, 0.3) is 5.91 Å². The summed E-state index contributed by atoms with van der Waals surface area (Å²) in [6.07, 6.45) is 0. The zero-order chi connectivity index (χ0) is 12.3. The Hall–Kier alpha value is -1.55. The van der Waals surface area contributed by atoms with Gasteiger partial charge in [-0.1, -0.05) is 6.07 Å². The summed E-state index contributed by atoms with van der Waals surface area (Å²) in [5.41, 5.74) is 1.74. The number of carbonyl (C=O) groups excluding carboxylic acids is 1. The Bertz CT molecular complexity index is 412. The smallest absolute Gasteiger partial charge is 0.254 e. The Labute approximate surface area is 102 Å². The predicted octanol–water partition coefficient (Wildman–Crippen LogP) is 1.05. The summed E-state index contributed by atoms with van der Waals surface area (Å²) in [6.45, 7) is 5.24. The van der Waals surface area contributed by atoms with Gasteiger partial charge in [0.2, 0.25) is 0 Å². The highest BCUT2D eigenvalue weighted by Gasteiger charge is 2.19. The minimum Gasteiger partial charge on any atom is -0.497 e. The number of amides is 1. The molecule has 0 unspecified atom stereocenters. The molecular formula is C13H18N2O2. The quantitative estimate of drug-likeness (QED) is 0.831. The van der Waals surface area contributed by atoms with Gasteiger partial charge in [0.1, 0.15) is 5.75 Å². The number of benzene rings is 1. The summed E-state index contributed by atoms with van der Waals surface area (Å²) in [4.78, 5) is 14.2. The number of hydrogen-bond donors (Lipinski definition) is 1. The van der Waals surface area contributed by atoms with Crippen LogP contribution >= 0.6 is 0 Å². The summed E-state index contributed by atoms with van der Waals surface area (Å²) in [5.74, 6) is 0.831. The monoisotopic (exact) mass is 234 g/mol. The largest absolute Gasteiger partial charge is 0.497 e. The third-order valence-electron chi connectivity index (χ3n) is 3.08. The number of aryl methyl sites for hydroxylation is 1. The molecule has 0 bridgehead atoms. The molecule has 0 aromatic heterocycles. The van der Waals surface area contributed by atoms with Crippen LogP contribution in [0.15, 0.2) is 18.2 Å². The molecule has 2 rings (SSSR count). The van der Waals surface area contributed by atoms with Crippen LogP contribution in [0.25, 0.3) is 0 Å². The topological polar surface area (TPSA) is 41.6 Å². The molecule has 92 valence electrons. The van der Waals surface area contributed by atoms with Gasteiger partial charge in [0, 0.05) is 31.7 Å². The predicted molar refractivity (Wildman–Crippen MR) is 66.5 cm³/mol. The van der Waals surface area contributed by atoms with E-state index in [9.17, 15) is 4.79 Å². The minimum absolute atomic E-state index is 0.0999. The van der Waals surface area contributed by atoms with Crippen LogP contribution in [0.2, 0.25) is 0 Å². The molecule has 1 N–H and O–H groups in total. The molecule has 0 saturated carbocycles. The third-order valence-corrected chi connectivity index (χ3v) is 3.08. The Balaban J connectivity index is 2.22. The van der Waals surface area contributed by atoms with Crippen LogP contribution in [0.3, 0.4) is 0 Å². The first kappa shape index (κ1) is 11.9. The summed E-state index contributed by atoms with van der Waals surface area (Å²) >= 11 is 0. The van der Waals surface area contributed by atoms with Crippen molar-refractivity contribution in [2.24, 2.45) is 0 Å². The number of methoxy groups -OCH3 is 1. The number of piperazine rings is 1. The lowest BCUT2D eigenvalue weighted by molar-refractivity contribution is 0.0734. The van der Waals surface area contributed by atoms with Crippen molar-refractivity contribution in [3.05, 3.63) is 29.3 Å². The molecular weight excluding hydrogens is 216 g/mol. The highest BCUT2D eigenvalue weighted by atomic mass is 16.5. The molecule has 1 amide bonds. The van der Waals surface area contributed by atoms with Gasteiger partial charge in [0.15, 0.2) is 0 Å². The lowest BCUT2D eigenvalue weighted by Crippen LogP contribution is -2.46. The first-order valence-electron chi connectivity index (χ1n) is 5.87. The Morgan fingerprint density at radius 1 is 1.35 bits per heavy atom. The molecule has 1 aliphatic rings. The lowest BCUT2D eigenvalue weighted by atomic mass is 10.1. The first-order valence-corrected chi connectivity index (χ1v) is 5.87. The maximum atomic E-state index is 12.3. The maximum Gasteiger partial charge on any atom is 0.254 e. The van der Waals surface area contributed by atoms with Crippen LogP contribution in [-0.4, -0.2) is 44.1 Å². The second-order valence-electron chi connectivity index (χ2n) is 4.22. The molecule has 1 aromatic rings. The van der Waals surface area contributed by atoms with E-state index >= 15 is 0 Å². The Kier molecular flexibility index (Phi) is 3.64. The highest BCUT2D eigenvalue weighted by molar-refractivity contribution is 5.96. The number of ether oxygens (including phenoxy) is 1. The number of rotatable bonds is 2. The van der Waals surface area contributed by atoms with Gasteiger partial charge >= 0.3 is 0 Å². The van der Waals surface area contributed by atoms with E-state index in [1.165, 1.54) is 0 Å². The molecule has 1 heterocycles. The normalized spacial score (nSPS) is 15.8.